The van der Waals surface area contributed by atoms with Crippen molar-refractivity contribution in [3.8, 4) is 0 Å². The Balaban J connectivity index is 2.74. The van der Waals surface area contributed by atoms with Crippen molar-refractivity contribution in [1.29, 1.82) is 5.41 Å². The van der Waals surface area contributed by atoms with Crippen molar-refractivity contribution in [2.45, 2.75) is 0 Å². The normalized spacial score (nSPS) is 9.09. The maximum absolute atomic E-state index is 7.16. The number of guanidine groups is 1. The molecule has 0 bridgehead atoms. The van der Waals surface area contributed by atoms with Crippen molar-refractivity contribution in [3.05, 3.63) is 24.3 Å². The largest absolute Gasteiger partial charge is 0.370 e. The van der Waals surface area contributed by atoms with Gasteiger partial charge in [0, 0.05) is 5.69 Å². The molecule has 0 aliphatic heterocycles. The van der Waals surface area contributed by atoms with Crippen molar-refractivity contribution in [2.75, 3.05) is 5.32 Å². The van der Waals surface area contributed by atoms with E-state index in [-0.39, 0.29) is 5.96 Å². The quantitative estimate of drug-likeness (QED) is 0.409. The molecule has 0 atom stereocenters. The van der Waals surface area contributed by atoms with Crippen molar-refractivity contribution in [3.63, 3.8) is 0 Å². The van der Waals surface area contributed by atoms with Crippen LogP contribution in [0, 0.1) is 5.41 Å². The van der Waals surface area contributed by atoms with Crippen LogP contribution in [0.2, 0.25) is 0 Å². The highest BCUT2D eigenvalue weighted by Gasteiger charge is 1.91. The van der Waals surface area contributed by atoms with E-state index in [4.69, 9.17) is 16.9 Å². The lowest BCUT2D eigenvalue weighted by molar-refractivity contribution is 1.40. The molecule has 1 aromatic rings. The molecule has 1 radical (unpaired) electrons. The van der Waals surface area contributed by atoms with Gasteiger partial charge in [0.05, 0.1) is 5.69 Å². The Morgan fingerprint density at radius 1 is 1.27 bits per heavy atom. The standard InChI is InChI=1S/C7H9N4/c8-5-1-3-6(4-2-5)11-7(9)10/h1-4,8H,(H4,9,10,11). The van der Waals surface area contributed by atoms with Gasteiger partial charge in [0.15, 0.2) is 5.96 Å². The Hall–Kier alpha value is -1.71. The monoisotopic (exact) mass is 149 g/mol. The van der Waals surface area contributed by atoms with Crippen molar-refractivity contribution in [2.24, 2.45) is 5.73 Å². The van der Waals surface area contributed by atoms with Crippen LogP contribution in [0.1, 0.15) is 0 Å². The average molecular weight is 149 g/mol. The van der Waals surface area contributed by atoms with E-state index >= 15 is 0 Å². The van der Waals surface area contributed by atoms with E-state index < -0.39 is 0 Å². The maximum atomic E-state index is 7.16. The summed E-state index contributed by atoms with van der Waals surface area (Å²) in [4.78, 5) is 0. The molecule has 4 heteroatoms. The van der Waals surface area contributed by atoms with E-state index in [1.54, 1.807) is 24.3 Å². The zero-order chi connectivity index (χ0) is 8.27. The molecule has 1 rings (SSSR count). The Labute approximate surface area is 64.7 Å². The molecule has 11 heavy (non-hydrogen) atoms. The molecule has 0 heterocycles. The Morgan fingerprint density at radius 3 is 2.27 bits per heavy atom. The lowest BCUT2D eigenvalue weighted by Gasteiger charge is -2.01. The molecular formula is C7H9N4. The van der Waals surface area contributed by atoms with Gasteiger partial charge in [-0.05, 0) is 24.3 Å². The van der Waals surface area contributed by atoms with E-state index in [1.807, 2.05) is 0 Å². The molecule has 0 unspecified atom stereocenters. The molecule has 0 aliphatic rings. The van der Waals surface area contributed by atoms with Gasteiger partial charge in [0.2, 0.25) is 0 Å². The number of nitrogens with two attached hydrogens (primary N) is 1. The first-order chi connectivity index (χ1) is 5.18. The van der Waals surface area contributed by atoms with Gasteiger partial charge >= 0.3 is 0 Å². The molecule has 0 spiro atoms. The second-order valence-corrected chi connectivity index (χ2v) is 2.12. The summed E-state index contributed by atoms with van der Waals surface area (Å²) in [6.45, 7) is 0. The molecule has 4 nitrogen and oxygen atoms in total. The van der Waals surface area contributed by atoms with Gasteiger partial charge in [-0.25, -0.2) is 0 Å². The van der Waals surface area contributed by atoms with Gasteiger partial charge in [0.1, 0.15) is 0 Å². The molecule has 0 aromatic heterocycles. The van der Waals surface area contributed by atoms with Gasteiger partial charge in [-0.15, -0.1) is 0 Å². The van der Waals surface area contributed by atoms with Crippen LogP contribution in [0.25, 0.3) is 0 Å². The molecule has 0 saturated heterocycles. The van der Waals surface area contributed by atoms with Crippen LogP contribution >= 0.6 is 0 Å². The minimum atomic E-state index is -0.0947. The summed E-state index contributed by atoms with van der Waals surface area (Å²) in [7, 11) is 0. The first-order valence-electron chi connectivity index (χ1n) is 3.11. The Bertz CT molecular complexity index is 252. The summed E-state index contributed by atoms with van der Waals surface area (Å²) in [6.07, 6.45) is 0. The van der Waals surface area contributed by atoms with Crippen LogP contribution in [0.5, 0.6) is 0 Å². The molecular weight excluding hydrogens is 140 g/mol. The molecule has 1 aromatic carbocycles. The van der Waals surface area contributed by atoms with Gasteiger partial charge in [-0.1, -0.05) is 0 Å². The van der Waals surface area contributed by atoms with Crippen molar-refractivity contribution < 1.29 is 0 Å². The molecule has 57 valence electrons. The van der Waals surface area contributed by atoms with E-state index in [0.717, 1.165) is 5.69 Å². The van der Waals surface area contributed by atoms with E-state index in [0.29, 0.717) is 5.69 Å². The molecule has 5 N–H and O–H groups in total. The molecule has 0 aliphatic carbocycles. The van der Waals surface area contributed by atoms with E-state index in [2.05, 4.69) is 5.32 Å². The fourth-order valence-corrected chi connectivity index (χ4v) is 0.709. The maximum Gasteiger partial charge on any atom is 0.190 e. The lowest BCUT2D eigenvalue weighted by atomic mass is 10.3. The SMILES string of the molecule is [NH]c1ccc(NC(=N)N)cc1. The van der Waals surface area contributed by atoms with Gasteiger partial charge in [0.25, 0.3) is 0 Å². The van der Waals surface area contributed by atoms with Crippen LogP contribution in [0.4, 0.5) is 11.4 Å². The number of hydrogen-bond donors (Lipinski definition) is 3. The number of rotatable bonds is 1. The third-order valence-electron chi connectivity index (χ3n) is 1.16. The average Bonchev–Trinajstić information content (AvgIpc) is 1.93. The summed E-state index contributed by atoms with van der Waals surface area (Å²) in [5.41, 5.74) is 13.4. The summed E-state index contributed by atoms with van der Waals surface area (Å²) in [6, 6.07) is 6.66. The lowest BCUT2D eigenvalue weighted by Crippen LogP contribution is -2.20. The smallest absolute Gasteiger partial charge is 0.190 e. The first-order valence-corrected chi connectivity index (χ1v) is 3.11. The first kappa shape index (κ1) is 7.40. The number of hydrogen-bond acceptors (Lipinski definition) is 1. The van der Waals surface area contributed by atoms with Gasteiger partial charge in [-0.2, -0.15) is 0 Å². The molecule has 0 saturated carbocycles. The summed E-state index contributed by atoms with van der Waals surface area (Å²) in [5, 5.41) is 9.51. The second-order valence-electron chi connectivity index (χ2n) is 2.12. The number of benzene rings is 1. The van der Waals surface area contributed by atoms with Crippen LogP contribution in [0.15, 0.2) is 24.3 Å². The highest BCUT2D eigenvalue weighted by atomic mass is 15.0. The molecule has 0 fully saturated rings. The number of nitrogens with one attached hydrogen (secondary N) is 3. The zero-order valence-electron chi connectivity index (χ0n) is 5.89. The fourth-order valence-electron chi connectivity index (χ4n) is 0.709. The third kappa shape index (κ3) is 2.17. The predicted molar refractivity (Wildman–Crippen MR) is 44.7 cm³/mol. The van der Waals surface area contributed by atoms with E-state index in [9.17, 15) is 0 Å². The second kappa shape index (κ2) is 2.92. The third-order valence-corrected chi connectivity index (χ3v) is 1.16. The van der Waals surface area contributed by atoms with Crippen molar-refractivity contribution in [1.82, 2.24) is 5.73 Å². The van der Waals surface area contributed by atoms with Crippen LogP contribution in [-0.2, 0) is 0 Å². The van der Waals surface area contributed by atoms with Gasteiger partial charge in [-0.3, -0.25) is 5.41 Å². The van der Waals surface area contributed by atoms with Crippen molar-refractivity contribution >= 4 is 17.3 Å². The zero-order valence-corrected chi connectivity index (χ0v) is 5.89. The minimum Gasteiger partial charge on any atom is -0.370 e. The predicted octanol–water partition coefficient (Wildman–Crippen LogP) is 0.906. The Morgan fingerprint density at radius 2 is 1.82 bits per heavy atom. The highest BCUT2D eigenvalue weighted by Crippen LogP contribution is 2.10. The fraction of sp³-hybridized carbons (Fsp3) is 0. The summed E-state index contributed by atoms with van der Waals surface area (Å²) < 4.78 is 0. The van der Waals surface area contributed by atoms with E-state index in [1.165, 1.54) is 0 Å². The van der Waals surface area contributed by atoms with Gasteiger partial charge < -0.3 is 16.8 Å². The Kier molecular flexibility index (Phi) is 1.96. The minimum absolute atomic E-state index is 0.0947. The number of anilines is 1. The van der Waals surface area contributed by atoms with Crippen LogP contribution in [-0.4, -0.2) is 5.96 Å². The van der Waals surface area contributed by atoms with Crippen LogP contribution in [0.3, 0.4) is 0 Å². The summed E-state index contributed by atoms with van der Waals surface area (Å²) >= 11 is 0. The van der Waals surface area contributed by atoms with Crippen LogP contribution < -0.4 is 16.8 Å². The summed E-state index contributed by atoms with van der Waals surface area (Å²) in [5.74, 6) is -0.0947. The topological polar surface area (TPSA) is 85.7 Å². The highest BCUT2D eigenvalue weighted by molar-refractivity contribution is 5.89. The molecule has 0 amide bonds.